The minimum absolute atomic E-state index is 0.325. The Labute approximate surface area is 126 Å². The van der Waals surface area contributed by atoms with Gasteiger partial charge in [-0.3, -0.25) is 4.79 Å². The maximum absolute atomic E-state index is 10.9. The third kappa shape index (κ3) is 4.36. The first-order chi connectivity index (χ1) is 9.65. The predicted octanol–water partition coefficient (Wildman–Crippen LogP) is 3.49. The number of benzene rings is 2. The second-order valence-corrected chi connectivity index (χ2v) is 5.05. The van der Waals surface area contributed by atoms with Crippen LogP contribution in [0.4, 0.5) is 5.69 Å². The first-order valence-electron chi connectivity index (χ1n) is 6.16. The molecule has 0 saturated heterocycles. The van der Waals surface area contributed by atoms with Crippen molar-refractivity contribution >= 4 is 27.6 Å². The molecule has 20 heavy (non-hydrogen) atoms. The average Bonchev–Trinajstić information content (AvgIpc) is 2.43. The fraction of sp³-hybridized carbons (Fsp3) is 0.133. The van der Waals surface area contributed by atoms with Crippen molar-refractivity contribution in [3.05, 3.63) is 58.6 Å². The monoisotopic (exact) mass is 334 g/mol. The van der Waals surface area contributed by atoms with E-state index in [0.29, 0.717) is 12.3 Å². The largest absolute Gasteiger partial charge is 0.427 e. The number of anilines is 1. The number of esters is 1. The summed E-state index contributed by atoms with van der Waals surface area (Å²) >= 11 is 3.47. The summed E-state index contributed by atoms with van der Waals surface area (Å²) in [5.74, 6) is 0.214. The first-order valence-corrected chi connectivity index (χ1v) is 6.95. The third-order valence-electron chi connectivity index (χ3n) is 2.56. The zero-order valence-electron chi connectivity index (χ0n) is 11.0. The van der Waals surface area contributed by atoms with Crippen LogP contribution in [0, 0.1) is 0 Å². The molecule has 0 radical (unpaired) electrons. The van der Waals surface area contributed by atoms with Crippen molar-refractivity contribution in [1.82, 2.24) is 5.43 Å². The van der Waals surface area contributed by atoms with Crippen LogP contribution in [0.1, 0.15) is 12.5 Å². The highest BCUT2D eigenvalue weighted by Gasteiger charge is 2.04. The Balaban J connectivity index is 1.96. The van der Waals surface area contributed by atoms with Gasteiger partial charge in [-0.1, -0.05) is 34.1 Å². The predicted molar refractivity (Wildman–Crippen MR) is 82.4 cm³/mol. The van der Waals surface area contributed by atoms with Gasteiger partial charge in [-0.2, -0.15) is 0 Å². The fourth-order valence-electron chi connectivity index (χ4n) is 1.68. The van der Waals surface area contributed by atoms with Gasteiger partial charge in [-0.05, 0) is 35.9 Å². The molecule has 5 heteroatoms. The summed E-state index contributed by atoms with van der Waals surface area (Å²) in [6.07, 6.45) is 0. The molecule has 0 aromatic heterocycles. The van der Waals surface area contributed by atoms with Crippen LogP contribution in [-0.4, -0.2) is 5.97 Å². The molecule has 0 bridgehead atoms. The van der Waals surface area contributed by atoms with E-state index >= 15 is 0 Å². The van der Waals surface area contributed by atoms with Gasteiger partial charge in [0.1, 0.15) is 5.75 Å². The summed E-state index contributed by atoms with van der Waals surface area (Å²) in [7, 11) is 0. The van der Waals surface area contributed by atoms with Crippen LogP contribution in [0.2, 0.25) is 0 Å². The van der Waals surface area contributed by atoms with Crippen molar-refractivity contribution < 1.29 is 9.53 Å². The Morgan fingerprint density at radius 3 is 2.65 bits per heavy atom. The van der Waals surface area contributed by atoms with Gasteiger partial charge in [0.05, 0.1) is 0 Å². The molecule has 0 atom stereocenters. The van der Waals surface area contributed by atoms with Crippen LogP contribution in [0.15, 0.2) is 53.0 Å². The normalized spacial score (nSPS) is 10.1. The zero-order chi connectivity index (χ0) is 14.4. The highest BCUT2D eigenvalue weighted by molar-refractivity contribution is 9.10. The molecule has 2 aromatic rings. The second-order valence-electron chi connectivity index (χ2n) is 4.19. The van der Waals surface area contributed by atoms with E-state index in [2.05, 4.69) is 26.8 Å². The molecule has 0 aliphatic heterocycles. The summed E-state index contributed by atoms with van der Waals surface area (Å²) in [4.78, 5) is 10.9. The van der Waals surface area contributed by atoms with Gasteiger partial charge in [0.2, 0.25) is 0 Å². The number of carbonyl (C=O) groups excluding carboxylic acids is 1. The van der Waals surface area contributed by atoms with E-state index in [1.165, 1.54) is 6.92 Å². The lowest BCUT2D eigenvalue weighted by Gasteiger charge is -2.11. The standard InChI is InChI=1S/C15H15BrN2O2/c1-11(19)20-14-7-8-15(16)12(9-14)10-17-18-13-5-3-2-4-6-13/h2-9,17-18H,10H2,1H3. The van der Waals surface area contributed by atoms with E-state index in [9.17, 15) is 4.79 Å². The number of nitrogens with one attached hydrogen (secondary N) is 2. The maximum Gasteiger partial charge on any atom is 0.308 e. The molecule has 4 nitrogen and oxygen atoms in total. The fourth-order valence-corrected chi connectivity index (χ4v) is 2.07. The van der Waals surface area contributed by atoms with Crippen molar-refractivity contribution in [2.45, 2.75) is 13.5 Å². The van der Waals surface area contributed by atoms with Crippen LogP contribution in [0.25, 0.3) is 0 Å². The van der Waals surface area contributed by atoms with Gasteiger partial charge >= 0.3 is 5.97 Å². The summed E-state index contributed by atoms with van der Waals surface area (Å²) in [5, 5.41) is 0. The Morgan fingerprint density at radius 2 is 1.95 bits per heavy atom. The number of rotatable bonds is 5. The SMILES string of the molecule is CC(=O)Oc1ccc(Br)c(CNNc2ccccc2)c1. The number of hydrazine groups is 1. The quantitative estimate of drug-likeness (QED) is 0.499. The van der Waals surface area contributed by atoms with E-state index in [0.717, 1.165) is 15.7 Å². The van der Waals surface area contributed by atoms with Crippen molar-refractivity contribution in [3.8, 4) is 5.75 Å². The Kier molecular flexibility index (Phi) is 5.15. The van der Waals surface area contributed by atoms with Gasteiger partial charge in [-0.25, -0.2) is 5.43 Å². The van der Waals surface area contributed by atoms with E-state index in [4.69, 9.17) is 4.74 Å². The second kappa shape index (κ2) is 7.07. The summed E-state index contributed by atoms with van der Waals surface area (Å²) < 4.78 is 6.02. The minimum Gasteiger partial charge on any atom is -0.427 e. The lowest BCUT2D eigenvalue weighted by atomic mass is 10.2. The van der Waals surface area contributed by atoms with Crippen molar-refractivity contribution in [2.75, 3.05) is 5.43 Å². The molecule has 0 fully saturated rings. The molecule has 2 aromatic carbocycles. The molecular formula is C15H15BrN2O2. The Bertz CT molecular complexity index is 588. The summed E-state index contributed by atoms with van der Waals surface area (Å²) in [5.41, 5.74) is 8.20. The van der Waals surface area contributed by atoms with Gasteiger partial charge < -0.3 is 10.2 Å². The Hall–Kier alpha value is -1.85. The van der Waals surface area contributed by atoms with Crippen molar-refractivity contribution in [1.29, 1.82) is 0 Å². The number of para-hydroxylation sites is 1. The van der Waals surface area contributed by atoms with Crippen LogP contribution < -0.4 is 15.6 Å². The van der Waals surface area contributed by atoms with Gasteiger partial charge in [0, 0.05) is 23.6 Å². The van der Waals surface area contributed by atoms with Crippen LogP contribution in [0.5, 0.6) is 5.75 Å². The molecule has 2 rings (SSSR count). The van der Waals surface area contributed by atoms with Crippen LogP contribution in [0.3, 0.4) is 0 Å². The molecule has 0 aliphatic rings. The molecule has 0 aliphatic carbocycles. The van der Waals surface area contributed by atoms with Gasteiger partial charge in [-0.15, -0.1) is 0 Å². The maximum atomic E-state index is 10.9. The molecule has 0 heterocycles. The molecular weight excluding hydrogens is 320 g/mol. The van der Waals surface area contributed by atoms with Crippen molar-refractivity contribution in [3.63, 3.8) is 0 Å². The summed E-state index contributed by atoms with van der Waals surface area (Å²) in [6.45, 7) is 1.97. The van der Waals surface area contributed by atoms with E-state index in [-0.39, 0.29) is 5.97 Å². The minimum atomic E-state index is -0.325. The molecule has 0 spiro atoms. The Morgan fingerprint density at radius 1 is 1.20 bits per heavy atom. The molecule has 104 valence electrons. The highest BCUT2D eigenvalue weighted by atomic mass is 79.9. The first kappa shape index (κ1) is 14.6. The average molecular weight is 335 g/mol. The topological polar surface area (TPSA) is 50.4 Å². The van der Waals surface area contributed by atoms with Crippen LogP contribution in [-0.2, 0) is 11.3 Å². The van der Waals surface area contributed by atoms with Gasteiger partial charge in [0.25, 0.3) is 0 Å². The van der Waals surface area contributed by atoms with Crippen molar-refractivity contribution in [2.24, 2.45) is 0 Å². The number of halogens is 1. The third-order valence-corrected chi connectivity index (χ3v) is 3.34. The molecule has 0 unspecified atom stereocenters. The lowest BCUT2D eigenvalue weighted by molar-refractivity contribution is -0.131. The van der Waals surface area contributed by atoms with E-state index in [1.807, 2.05) is 42.5 Å². The molecule has 0 saturated carbocycles. The summed E-state index contributed by atoms with van der Waals surface area (Å²) in [6, 6.07) is 15.3. The number of carbonyl (C=O) groups is 1. The number of hydrogen-bond donors (Lipinski definition) is 2. The van der Waals surface area contributed by atoms with E-state index < -0.39 is 0 Å². The smallest absolute Gasteiger partial charge is 0.308 e. The lowest BCUT2D eigenvalue weighted by Crippen LogP contribution is -2.21. The molecule has 0 amide bonds. The van der Waals surface area contributed by atoms with Gasteiger partial charge in [0.15, 0.2) is 0 Å². The highest BCUT2D eigenvalue weighted by Crippen LogP contribution is 2.22. The zero-order valence-corrected chi connectivity index (χ0v) is 12.6. The molecule has 2 N–H and O–H groups in total. The number of hydrogen-bond acceptors (Lipinski definition) is 4. The number of ether oxygens (including phenoxy) is 1. The van der Waals surface area contributed by atoms with Crippen LogP contribution >= 0.6 is 15.9 Å². The van der Waals surface area contributed by atoms with E-state index in [1.54, 1.807) is 6.07 Å².